The van der Waals surface area contributed by atoms with Crippen molar-refractivity contribution < 1.29 is 9.47 Å². The third-order valence-corrected chi connectivity index (χ3v) is 3.69. The first kappa shape index (κ1) is 17.2. The van der Waals surface area contributed by atoms with Crippen molar-refractivity contribution in [1.82, 2.24) is 4.90 Å². The van der Waals surface area contributed by atoms with Crippen LogP contribution >= 0.6 is 0 Å². The molecule has 0 saturated carbocycles. The topological polar surface area (TPSA) is 60.1 Å². The molecule has 0 aliphatic carbocycles. The minimum Gasteiger partial charge on any atom is -0.497 e. The predicted octanol–water partition coefficient (Wildman–Crippen LogP) is 1.99. The zero-order valence-corrected chi connectivity index (χ0v) is 14.1. The fourth-order valence-electron chi connectivity index (χ4n) is 2.46. The maximum absolute atomic E-state index is 5.60. The molecule has 1 aromatic carbocycles. The maximum Gasteiger partial charge on any atom is 0.123 e. The Morgan fingerprint density at radius 1 is 1.17 bits per heavy atom. The molecule has 0 radical (unpaired) electrons. The normalized spacial score (nSPS) is 14.3. The highest BCUT2D eigenvalue weighted by Gasteiger charge is 2.11. The molecule has 5 heteroatoms. The van der Waals surface area contributed by atoms with E-state index < -0.39 is 0 Å². The molecular formula is C18H25N3O2. The molecule has 0 saturated heterocycles. The molecule has 0 bridgehead atoms. The van der Waals surface area contributed by atoms with Gasteiger partial charge in [0, 0.05) is 25.7 Å². The molecule has 1 aliphatic heterocycles. The lowest BCUT2D eigenvalue weighted by Gasteiger charge is -2.16. The van der Waals surface area contributed by atoms with Gasteiger partial charge < -0.3 is 20.1 Å². The van der Waals surface area contributed by atoms with Gasteiger partial charge in [0.2, 0.25) is 0 Å². The minimum absolute atomic E-state index is 0.662. The van der Waals surface area contributed by atoms with E-state index in [9.17, 15) is 0 Å². The van der Waals surface area contributed by atoms with Crippen molar-refractivity contribution in [3.63, 3.8) is 0 Å². The van der Waals surface area contributed by atoms with Crippen molar-refractivity contribution in [1.29, 1.82) is 0 Å². The Labute approximate surface area is 138 Å². The van der Waals surface area contributed by atoms with Gasteiger partial charge in [0.1, 0.15) is 11.5 Å². The Balaban J connectivity index is 2.09. The van der Waals surface area contributed by atoms with Crippen molar-refractivity contribution in [3.8, 4) is 11.5 Å². The molecule has 5 nitrogen and oxygen atoms in total. The number of likely N-dealkylation sites (N-methyl/N-ethyl adjacent to an activating group) is 1. The fourth-order valence-corrected chi connectivity index (χ4v) is 2.46. The number of ether oxygens (including phenoxy) is 2. The number of methoxy groups -OCH3 is 2. The van der Waals surface area contributed by atoms with Gasteiger partial charge in [-0.05, 0) is 36.4 Å². The van der Waals surface area contributed by atoms with Crippen molar-refractivity contribution >= 4 is 11.8 Å². The number of nitrogens with zero attached hydrogens (tertiary/aromatic N) is 2. The summed E-state index contributed by atoms with van der Waals surface area (Å²) in [6.45, 7) is 3.14. The van der Waals surface area contributed by atoms with E-state index >= 15 is 0 Å². The monoisotopic (exact) mass is 315 g/mol. The quantitative estimate of drug-likeness (QED) is 0.797. The first-order chi connectivity index (χ1) is 11.2. The molecule has 1 aliphatic rings. The van der Waals surface area contributed by atoms with Crippen LogP contribution in [0.15, 0.2) is 40.9 Å². The fraction of sp³-hybridized carbons (Fsp3) is 0.389. The number of allylic oxidation sites excluding steroid dienone is 1. The number of rotatable bonds is 8. The molecule has 124 valence electrons. The number of hydrogen-bond donors (Lipinski definition) is 1. The Kier molecular flexibility index (Phi) is 6.38. The average molecular weight is 315 g/mol. The zero-order chi connectivity index (χ0) is 16.7. The van der Waals surface area contributed by atoms with Gasteiger partial charge >= 0.3 is 0 Å². The van der Waals surface area contributed by atoms with Crippen LogP contribution in [-0.2, 0) is 0 Å². The number of aliphatic imine (C=N–C) groups is 1. The smallest absolute Gasteiger partial charge is 0.123 e. The molecule has 0 atom stereocenters. The first-order valence-corrected chi connectivity index (χ1v) is 7.70. The second-order valence-electron chi connectivity index (χ2n) is 5.46. The molecule has 2 N–H and O–H groups in total. The third-order valence-electron chi connectivity index (χ3n) is 3.69. The van der Waals surface area contributed by atoms with Crippen LogP contribution in [-0.4, -0.2) is 58.1 Å². The maximum atomic E-state index is 5.60. The molecule has 2 rings (SSSR count). The standard InChI is InChI=1S/C18H25N3O2/c1-21(9-7-19)13-15-6-8-20-18(15)5-4-14-10-16(22-2)12-17(11-14)23-3/h4-6,10-12H,7-9,13,19H2,1-3H3/b5-4+. The molecule has 1 heterocycles. The van der Waals surface area contributed by atoms with Crippen LogP contribution in [0, 0.1) is 0 Å². The molecule has 0 unspecified atom stereocenters. The first-order valence-electron chi connectivity index (χ1n) is 7.70. The van der Waals surface area contributed by atoms with Crippen molar-refractivity contribution in [2.24, 2.45) is 10.7 Å². The summed E-state index contributed by atoms with van der Waals surface area (Å²) in [6.07, 6.45) is 6.24. The van der Waals surface area contributed by atoms with Crippen LogP contribution in [0.1, 0.15) is 5.56 Å². The Hall–Kier alpha value is -2.11. The van der Waals surface area contributed by atoms with Crippen LogP contribution in [0.4, 0.5) is 0 Å². The van der Waals surface area contributed by atoms with Gasteiger partial charge in [0.05, 0.1) is 26.5 Å². The summed E-state index contributed by atoms with van der Waals surface area (Å²) < 4.78 is 10.6. The summed E-state index contributed by atoms with van der Waals surface area (Å²) in [5.74, 6) is 1.55. The molecular weight excluding hydrogens is 290 g/mol. The molecule has 0 fully saturated rings. The summed E-state index contributed by atoms with van der Waals surface area (Å²) in [5, 5.41) is 0. The largest absolute Gasteiger partial charge is 0.497 e. The molecule has 0 amide bonds. The van der Waals surface area contributed by atoms with Crippen LogP contribution in [0.2, 0.25) is 0 Å². The Morgan fingerprint density at radius 3 is 2.48 bits per heavy atom. The van der Waals surface area contributed by atoms with Crippen LogP contribution in [0.5, 0.6) is 11.5 Å². The van der Waals surface area contributed by atoms with E-state index in [1.54, 1.807) is 14.2 Å². The summed E-state index contributed by atoms with van der Waals surface area (Å²) >= 11 is 0. The lowest BCUT2D eigenvalue weighted by molar-refractivity contribution is 0.377. The Morgan fingerprint density at radius 2 is 1.87 bits per heavy atom. The summed E-state index contributed by atoms with van der Waals surface area (Å²) in [4.78, 5) is 6.75. The van der Waals surface area contributed by atoms with Gasteiger partial charge in [0.15, 0.2) is 0 Å². The van der Waals surface area contributed by atoms with Crippen LogP contribution in [0.3, 0.4) is 0 Å². The summed E-state index contributed by atoms with van der Waals surface area (Å²) in [6, 6.07) is 5.80. The van der Waals surface area contributed by atoms with Crippen molar-refractivity contribution in [2.75, 3.05) is 47.4 Å². The van der Waals surface area contributed by atoms with E-state index in [0.717, 1.165) is 42.4 Å². The van der Waals surface area contributed by atoms with Gasteiger partial charge in [-0.2, -0.15) is 0 Å². The summed E-state index contributed by atoms with van der Waals surface area (Å²) in [7, 11) is 5.37. The van der Waals surface area contributed by atoms with Gasteiger partial charge in [0.25, 0.3) is 0 Å². The molecule has 0 spiro atoms. The van der Waals surface area contributed by atoms with Gasteiger partial charge in [-0.15, -0.1) is 0 Å². The second kappa shape index (κ2) is 8.50. The lowest BCUT2D eigenvalue weighted by atomic mass is 10.1. The van der Waals surface area contributed by atoms with E-state index in [2.05, 4.69) is 23.0 Å². The van der Waals surface area contributed by atoms with Crippen LogP contribution < -0.4 is 15.2 Å². The Bertz CT molecular complexity index is 598. The second-order valence-corrected chi connectivity index (χ2v) is 5.46. The van der Waals surface area contributed by atoms with E-state index in [0.29, 0.717) is 6.54 Å². The SMILES string of the molecule is COc1cc(/C=C/C2=NCC=C2CN(C)CCN)cc(OC)c1. The summed E-state index contributed by atoms with van der Waals surface area (Å²) in [5.41, 5.74) is 8.88. The highest BCUT2D eigenvalue weighted by atomic mass is 16.5. The number of benzene rings is 1. The molecule has 0 aromatic heterocycles. The van der Waals surface area contributed by atoms with Gasteiger partial charge in [-0.3, -0.25) is 4.99 Å². The molecule has 23 heavy (non-hydrogen) atoms. The van der Waals surface area contributed by atoms with Crippen molar-refractivity contribution in [2.45, 2.75) is 0 Å². The van der Waals surface area contributed by atoms with E-state index in [4.69, 9.17) is 15.2 Å². The van der Waals surface area contributed by atoms with Crippen LogP contribution in [0.25, 0.3) is 6.08 Å². The highest BCUT2D eigenvalue weighted by Crippen LogP contribution is 2.23. The van der Waals surface area contributed by atoms with Crippen molar-refractivity contribution in [3.05, 3.63) is 41.5 Å². The highest BCUT2D eigenvalue weighted by molar-refractivity contribution is 6.12. The lowest BCUT2D eigenvalue weighted by Crippen LogP contribution is -2.28. The van der Waals surface area contributed by atoms with E-state index in [-0.39, 0.29) is 0 Å². The number of hydrogen-bond acceptors (Lipinski definition) is 5. The minimum atomic E-state index is 0.662. The third kappa shape index (κ3) is 4.94. The predicted molar refractivity (Wildman–Crippen MR) is 95.5 cm³/mol. The van der Waals surface area contributed by atoms with E-state index in [1.165, 1.54) is 5.57 Å². The van der Waals surface area contributed by atoms with Gasteiger partial charge in [-0.25, -0.2) is 0 Å². The van der Waals surface area contributed by atoms with E-state index in [1.807, 2.05) is 30.4 Å². The zero-order valence-electron chi connectivity index (χ0n) is 14.1. The van der Waals surface area contributed by atoms with Gasteiger partial charge in [-0.1, -0.05) is 12.2 Å². The average Bonchev–Trinajstić information content (AvgIpc) is 2.99. The molecule has 1 aromatic rings. The number of nitrogens with two attached hydrogens (primary N) is 1.